The molecule has 94 valence electrons. The summed E-state index contributed by atoms with van der Waals surface area (Å²) in [5, 5.41) is 0.815. The summed E-state index contributed by atoms with van der Waals surface area (Å²) in [6, 6.07) is 14.1. The lowest BCUT2D eigenvalue weighted by Crippen LogP contribution is -1.95. The molecule has 0 amide bonds. The van der Waals surface area contributed by atoms with Crippen molar-refractivity contribution >= 4 is 27.5 Å². The summed E-state index contributed by atoms with van der Waals surface area (Å²) in [6.45, 7) is 2.01. The van der Waals surface area contributed by atoms with Crippen molar-refractivity contribution < 1.29 is 4.74 Å². The van der Waals surface area contributed by atoms with E-state index in [1.807, 2.05) is 49.4 Å². The molecule has 0 radical (unpaired) electrons. The van der Waals surface area contributed by atoms with E-state index in [2.05, 4.69) is 15.9 Å². The molecule has 0 saturated carbocycles. The van der Waals surface area contributed by atoms with Gasteiger partial charge < -0.3 is 4.74 Å². The van der Waals surface area contributed by atoms with Crippen LogP contribution in [0.25, 0.3) is 0 Å². The Balaban J connectivity index is 2.35. The van der Waals surface area contributed by atoms with Gasteiger partial charge in [-0.25, -0.2) is 0 Å². The molecule has 0 aliphatic heterocycles. The number of hydrogen-bond acceptors (Lipinski definition) is 1. The molecule has 1 atom stereocenters. The van der Waals surface area contributed by atoms with E-state index < -0.39 is 0 Å². The summed E-state index contributed by atoms with van der Waals surface area (Å²) in [5.41, 5.74) is 3.33. The second kappa shape index (κ2) is 5.77. The van der Waals surface area contributed by atoms with E-state index in [-0.39, 0.29) is 4.83 Å². The molecule has 0 spiro atoms. The van der Waals surface area contributed by atoms with Crippen LogP contribution in [0.3, 0.4) is 0 Å². The summed E-state index contributed by atoms with van der Waals surface area (Å²) in [5.74, 6) is 0.855. The highest BCUT2D eigenvalue weighted by Crippen LogP contribution is 2.36. The first kappa shape index (κ1) is 13.4. The van der Waals surface area contributed by atoms with Crippen molar-refractivity contribution in [2.24, 2.45) is 0 Å². The van der Waals surface area contributed by atoms with E-state index in [9.17, 15) is 0 Å². The first-order valence-corrected chi connectivity index (χ1v) is 6.96. The third kappa shape index (κ3) is 2.70. The second-order valence-electron chi connectivity index (χ2n) is 4.11. The largest absolute Gasteiger partial charge is 0.497 e. The minimum atomic E-state index is 0.0933. The number of hydrogen-bond donors (Lipinski definition) is 0. The summed E-state index contributed by atoms with van der Waals surface area (Å²) in [4.78, 5) is 0.0933. The van der Waals surface area contributed by atoms with Crippen LogP contribution < -0.4 is 4.74 Å². The Hall–Kier alpha value is -0.990. The number of benzene rings is 2. The Bertz CT molecular complexity index is 537. The average Bonchev–Trinajstić information content (AvgIpc) is 2.41. The van der Waals surface area contributed by atoms with E-state index in [0.717, 1.165) is 27.5 Å². The zero-order valence-electron chi connectivity index (χ0n) is 10.3. The molecule has 0 aliphatic rings. The van der Waals surface area contributed by atoms with Crippen molar-refractivity contribution in [2.75, 3.05) is 7.11 Å². The molecule has 0 saturated heterocycles. The van der Waals surface area contributed by atoms with Gasteiger partial charge in [-0.1, -0.05) is 57.9 Å². The smallest absolute Gasteiger partial charge is 0.118 e. The molecular weight excluding hydrogens is 312 g/mol. The zero-order valence-corrected chi connectivity index (χ0v) is 12.6. The van der Waals surface area contributed by atoms with Gasteiger partial charge in [0.05, 0.1) is 11.9 Å². The lowest BCUT2D eigenvalue weighted by molar-refractivity contribution is 0.414. The number of alkyl halides is 1. The zero-order chi connectivity index (χ0) is 13.1. The van der Waals surface area contributed by atoms with Gasteiger partial charge >= 0.3 is 0 Å². The van der Waals surface area contributed by atoms with Gasteiger partial charge in [-0.15, -0.1) is 0 Å². The summed E-state index contributed by atoms with van der Waals surface area (Å²) < 4.78 is 5.16. The quantitative estimate of drug-likeness (QED) is 0.710. The van der Waals surface area contributed by atoms with Gasteiger partial charge in [0.1, 0.15) is 5.75 Å². The average molecular weight is 326 g/mol. The van der Waals surface area contributed by atoms with Crippen molar-refractivity contribution in [3.8, 4) is 5.75 Å². The number of methoxy groups -OCH3 is 1. The minimum Gasteiger partial charge on any atom is -0.497 e. The molecule has 18 heavy (non-hydrogen) atoms. The molecule has 2 aromatic rings. The molecule has 0 aromatic heterocycles. The molecule has 1 unspecified atom stereocenters. The fraction of sp³-hybridized carbons (Fsp3) is 0.200. The Kier molecular flexibility index (Phi) is 4.31. The maximum atomic E-state index is 6.34. The predicted octanol–water partition coefficient (Wildman–Crippen LogP) is 5.14. The molecule has 2 aromatic carbocycles. The van der Waals surface area contributed by atoms with Crippen molar-refractivity contribution in [2.45, 2.75) is 11.8 Å². The van der Waals surface area contributed by atoms with Crippen LogP contribution in [0, 0.1) is 6.92 Å². The molecule has 1 nitrogen and oxygen atoms in total. The maximum Gasteiger partial charge on any atom is 0.118 e. The van der Waals surface area contributed by atoms with E-state index in [1.165, 1.54) is 0 Å². The van der Waals surface area contributed by atoms with Crippen LogP contribution in [-0.4, -0.2) is 7.11 Å². The highest BCUT2D eigenvalue weighted by atomic mass is 79.9. The number of rotatable bonds is 3. The number of ether oxygens (including phenoxy) is 1. The van der Waals surface area contributed by atoms with Crippen LogP contribution in [0.5, 0.6) is 5.75 Å². The van der Waals surface area contributed by atoms with E-state index >= 15 is 0 Å². The van der Waals surface area contributed by atoms with Crippen LogP contribution in [0.2, 0.25) is 5.02 Å². The van der Waals surface area contributed by atoms with Gasteiger partial charge in [0.25, 0.3) is 0 Å². The highest BCUT2D eigenvalue weighted by molar-refractivity contribution is 9.09. The molecule has 0 aliphatic carbocycles. The summed E-state index contributed by atoms with van der Waals surface area (Å²) >= 11 is 10.0. The van der Waals surface area contributed by atoms with Gasteiger partial charge in [0.15, 0.2) is 0 Å². The first-order valence-electron chi connectivity index (χ1n) is 5.66. The van der Waals surface area contributed by atoms with Gasteiger partial charge in [-0.3, -0.25) is 0 Å². The Morgan fingerprint density at radius 1 is 1.11 bits per heavy atom. The Morgan fingerprint density at radius 3 is 2.39 bits per heavy atom. The maximum absolute atomic E-state index is 6.34. The van der Waals surface area contributed by atoms with Crippen LogP contribution in [0.4, 0.5) is 0 Å². The summed E-state index contributed by atoms with van der Waals surface area (Å²) in [7, 11) is 1.66. The van der Waals surface area contributed by atoms with E-state index in [0.29, 0.717) is 0 Å². The second-order valence-corrected chi connectivity index (χ2v) is 5.41. The molecule has 0 fully saturated rings. The van der Waals surface area contributed by atoms with E-state index in [1.54, 1.807) is 7.11 Å². The molecule has 0 heterocycles. The lowest BCUT2D eigenvalue weighted by atomic mass is 10.0. The third-order valence-electron chi connectivity index (χ3n) is 2.90. The molecular formula is C15H14BrClO. The standard InChI is InChI=1S/C15H14BrClO/c1-10-4-3-5-13(15(10)17)14(16)11-6-8-12(18-2)9-7-11/h3-9,14H,1-2H3. The third-order valence-corrected chi connectivity index (χ3v) is 4.44. The SMILES string of the molecule is COc1ccc(C(Br)c2cccc(C)c2Cl)cc1. The van der Waals surface area contributed by atoms with Crippen LogP contribution in [-0.2, 0) is 0 Å². The molecule has 2 rings (SSSR count). The molecule has 3 heteroatoms. The monoisotopic (exact) mass is 324 g/mol. The van der Waals surface area contributed by atoms with Crippen molar-refractivity contribution in [3.63, 3.8) is 0 Å². The number of halogens is 2. The minimum absolute atomic E-state index is 0.0933. The lowest BCUT2D eigenvalue weighted by Gasteiger charge is -2.14. The van der Waals surface area contributed by atoms with Crippen LogP contribution in [0.1, 0.15) is 21.5 Å². The highest BCUT2D eigenvalue weighted by Gasteiger charge is 2.14. The fourth-order valence-electron chi connectivity index (χ4n) is 1.82. The molecule has 0 bridgehead atoms. The predicted molar refractivity (Wildman–Crippen MR) is 80.0 cm³/mol. The topological polar surface area (TPSA) is 9.23 Å². The molecule has 0 N–H and O–H groups in total. The van der Waals surface area contributed by atoms with Gasteiger partial charge in [-0.05, 0) is 35.7 Å². The van der Waals surface area contributed by atoms with Gasteiger partial charge in [0, 0.05) is 5.02 Å². The van der Waals surface area contributed by atoms with Crippen LogP contribution >= 0.6 is 27.5 Å². The van der Waals surface area contributed by atoms with Gasteiger partial charge in [0.2, 0.25) is 0 Å². The normalized spacial score (nSPS) is 12.2. The Labute approximate surface area is 121 Å². The fourth-order valence-corrected chi connectivity index (χ4v) is 2.87. The van der Waals surface area contributed by atoms with Crippen molar-refractivity contribution in [1.29, 1.82) is 0 Å². The van der Waals surface area contributed by atoms with E-state index in [4.69, 9.17) is 16.3 Å². The van der Waals surface area contributed by atoms with Gasteiger partial charge in [-0.2, -0.15) is 0 Å². The number of aryl methyl sites for hydroxylation is 1. The Morgan fingerprint density at radius 2 is 1.78 bits per heavy atom. The summed E-state index contributed by atoms with van der Waals surface area (Å²) in [6.07, 6.45) is 0. The van der Waals surface area contributed by atoms with Crippen molar-refractivity contribution in [1.82, 2.24) is 0 Å². The first-order chi connectivity index (χ1) is 8.63. The van der Waals surface area contributed by atoms with Crippen molar-refractivity contribution in [3.05, 3.63) is 64.2 Å². The van der Waals surface area contributed by atoms with Crippen LogP contribution in [0.15, 0.2) is 42.5 Å².